The molecule has 1 N–H and O–H groups in total. The molecule has 1 aromatic rings. The largest absolute Gasteiger partial charge is 0.392 e. The summed E-state index contributed by atoms with van der Waals surface area (Å²) < 4.78 is 2.00. The van der Waals surface area contributed by atoms with Gasteiger partial charge < -0.3 is 5.11 Å². The Kier molecular flexibility index (Phi) is 3.06. The smallest absolute Gasteiger partial charge is 0.0650 e. The minimum Gasteiger partial charge on any atom is -0.392 e. The second-order valence-corrected chi connectivity index (χ2v) is 5.42. The first kappa shape index (κ1) is 11.6. The first-order valence-electron chi connectivity index (χ1n) is 6.27. The summed E-state index contributed by atoms with van der Waals surface area (Å²) in [7, 11) is 0. The summed E-state index contributed by atoms with van der Waals surface area (Å²) >= 11 is 0. The highest BCUT2D eigenvalue weighted by Crippen LogP contribution is 2.48. The van der Waals surface area contributed by atoms with E-state index in [4.69, 9.17) is 0 Å². The van der Waals surface area contributed by atoms with Crippen molar-refractivity contribution in [3.8, 4) is 0 Å². The van der Waals surface area contributed by atoms with Crippen molar-refractivity contribution in [3.63, 3.8) is 0 Å². The van der Waals surface area contributed by atoms with E-state index < -0.39 is 0 Å². The third kappa shape index (κ3) is 2.29. The average Bonchev–Trinajstić information content (AvgIpc) is 2.86. The van der Waals surface area contributed by atoms with Crippen molar-refractivity contribution in [2.45, 2.75) is 58.6 Å². The molecule has 2 rings (SSSR count). The predicted molar refractivity (Wildman–Crippen MR) is 64.3 cm³/mol. The van der Waals surface area contributed by atoms with Crippen molar-refractivity contribution in [3.05, 3.63) is 18.0 Å². The molecular formula is C13H22N2O. The van der Waals surface area contributed by atoms with E-state index in [1.807, 2.05) is 16.9 Å². The second-order valence-electron chi connectivity index (χ2n) is 5.42. The zero-order chi connectivity index (χ0) is 11.8. The monoisotopic (exact) mass is 222 g/mol. The fourth-order valence-electron chi connectivity index (χ4n) is 1.89. The van der Waals surface area contributed by atoms with E-state index in [2.05, 4.69) is 25.9 Å². The van der Waals surface area contributed by atoms with Gasteiger partial charge in [0.1, 0.15) is 0 Å². The van der Waals surface area contributed by atoms with Gasteiger partial charge in [-0.25, -0.2) is 0 Å². The van der Waals surface area contributed by atoms with Crippen molar-refractivity contribution in [2.75, 3.05) is 0 Å². The Labute approximate surface area is 97.5 Å². The molecule has 1 fully saturated rings. The molecule has 0 saturated heterocycles. The van der Waals surface area contributed by atoms with Crippen LogP contribution in [0.3, 0.4) is 0 Å². The van der Waals surface area contributed by atoms with Crippen molar-refractivity contribution in [1.29, 1.82) is 0 Å². The van der Waals surface area contributed by atoms with Crippen LogP contribution in [-0.4, -0.2) is 21.0 Å². The van der Waals surface area contributed by atoms with Gasteiger partial charge in [-0.2, -0.15) is 5.10 Å². The van der Waals surface area contributed by atoms with Crippen LogP contribution < -0.4 is 0 Å². The summed E-state index contributed by atoms with van der Waals surface area (Å²) in [5.41, 5.74) is 1.18. The lowest BCUT2D eigenvalue weighted by Gasteiger charge is -2.16. The van der Waals surface area contributed by atoms with E-state index >= 15 is 0 Å². The van der Waals surface area contributed by atoms with Crippen LogP contribution in [0, 0.1) is 5.41 Å². The second kappa shape index (κ2) is 4.21. The summed E-state index contributed by atoms with van der Waals surface area (Å²) in [6.07, 6.45) is 5.88. The third-order valence-corrected chi connectivity index (χ3v) is 3.95. The van der Waals surface area contributed by atoms with Crippen LogP contribution in [0.1, 0.15) is 51.8 Å². The Balaban J connectivity index is 1.97. The van der Waals surface area contributed by atoms with Crippen LogP contribution in [0.4, 0.5) is 0 Å². The summed E-state index contributed by atoms with van der Waals surface area (Å²) in [5, 5.41) is 14.6. The molecule has 1 aromatic heterocycles. The number of hydrogen-bond acceptors (Lipinski definition) is 2. The highest BCUT2D eigenvalue weighted by atomic mass is 16.3. The maximum atomic E-state index is 10.1. The minimum absolute atomic E-state index is 0.167. The number of aliphatic hydroxyl groups is 1. The SMILES string of the molecule is CCC(C)n1ccc(CC(O)C2(C)CC2)n1. The maximum absolute atomic E-state index is 10.1. The molecule has 1 saturated carbocycles. The molecule has 1 heterocycles. The Hall–Kier alpha value is -0.830. The quantitative estimate of drug-likeness (QED) is 0.831. The number of hydrogen-bond donors (Lipinski definition) is 1. The molecule has 90 valence electrons. The molecule has 1 aliphatic rings. The lowest BCUT2D eigenvalue weighted by atomic mass is 9.98. The highest BCUT2D eigenvalue weighted by molar-refractivity contribution is 5.06. The topological polar surface area (TPSA) is 38.0 Å². The number of aromatic nitrogens is 2. The standard InChI is InChI=1S/C13H22N2O/c1-4-10(2)15-8-5-11(14-15)9-12(16)13(3)6-7-13/h5,8,10,12,16H,4,6-7,9H2,1-3H3. The Morgan fingerprint density at radius 3 is 2.81 bits per heavy atom. The molecule has 2 atom stereocenters. The molecule has 0 spiro atoms. The first-order chi connectivity index (χ1) is 7.55. The van der Waals surface area contributed by atoms with Crippen molar-refractivity contribution in [1.82, 2.24) is 9.78 Å². The third-order valence-electron chi connectivity index (χ3n) is 3.95. The lowest BCUT2D eigenvalue weighted by molar-refractivity contribution is 0.102. The average molecular weight is 222 g/mol. The van der Waals surface area contributed by atoms with Crippen LogP contribution in [-0.2, 0) is 6.42 Å². The van der Waals surface area contributed by atoms with E-state index in [0.717, 1.165) is 25.0 Å². The normalized spacial score (nSPS) is 21.8. The summed E-state index contributed by atoms with van der Waals surface area (Å²) in [4.78, 5) is 0. The number of nitrogens with zero attached hydrogens (tertiary/aromatic N) is 2. The molecule has 0 aliphatic heterocycles. The molecule has 0 amide bonds. The van der Waals surface area contributed by atoms with E-state index in [9.17, 15) is 5.11 Å². The van der Waals surface area contributed by atoms with Gasteiger partial charge in [-0.1, -0.05) is 13.8 Å². The summed E-state index contributed by atoms with van der Waals surface area (Å²) in [5.74, 6) is 0. The van der Waals surface area contributed by atoms with Crippen LogP contribution in [0.5, 0.6) is 0 Å². The van der Waals surface area contributed by atoms with Gasteiger partial charge in [0.05, 0.1) is 11.8 Å². The molecule has 2 unspecified atom stereocenters. The first-order valence-corrected chi connectivity index (χ1v) is 6.27. The van der Waals surface area contributed by atoms with Crippen molar-refractivity contribution < 1.29 is 5.11 Å². The molecule has 3 heteroatoms. The number of rotatable bonds is 5. The van der Waals surface area contributed by atoms with Gasteiger partial charge in [0.25, 0.3) is 0 Å². The Bertz CT molecular complexity index is 355. The van der Waals surface area contributed by atoms with E-state index in [1.165, 1.54) is 0 Å². The van der Waals surface area contributed by atoms with Gasteiger partial charge in [-0.15, -0.1) is 0 Å². The molecule has 3 nitrogen and oxygen atoms in total. The van der Waals surface area contributed by atoms with Crippen LogP contribution in [0.25, 0.3) is 0 Å². The van der Waals surface area contributed by atoms with Gasteiger partial charge in [-0.3, -0.25) is 4.68 Å². The van der Waals surface area contributed by atoms with Crippen LogP contribution in [0.2, 0.25) is 0 Å². The minimum atomic E-state index is -0.229. The predicted octanol–water partition coefficient (Wildman–Crippen LogP) is 2.56. The molecular weight excluding hydrogens is 200 g/mol. The van der Waals surface area contributed by atoms with Gasteiger partial charge in [0.2, 0.25) is 0 Å². The Morgan fingerprint density at radius 2 is 2.25 bits per heavy atom. The Morgan fingerprint density at radius 1 is 1.56 bits per heavy atom. The van der Waals surface area contributed by atoms with E-state index in [0.29, 0.717) is 12.5 Å². The van der Waals surface area contributed by atoms with Gasteiger partial charge >= 0.3 is 0 Å². The highest BCUT2D eigenvalue weighted by Gasteiger charge is 2.44. The fraction of sp³-hybridized carbons (Fsp3) is 0.769. The molecule has 0 bridgehead atoms. The molecule has 0 radical (unpaired) electrons. The van der Waals surface area contributed by atoms with Gasteiger partial charge in [0, 0.05) is 18.7 Å². The zero-order valence-electron chi connectivity index (χ0n) is 10.5. The van der Waals surface area contributed by atoms with Gasteiger partial charge in [0.15, 0.2) is 0 Å². The van der Waals surface area contributed by atoms with Crippen LogP contribution >= 0.6 is 0 Å². The van der Waals surface area contributed by atoms with E-state index in [1.54, 1.807) is 0 Å². The van der Waals surface area contributed by atoms with Crippen LogP contribution in [0.15, 0.2) is 12.3 Å². The summed E-state index contributed by atoms with van der Waals surface area (Å²) in [6, 6.07) is 2.48. The zero-order valence-corrected chi connectivity index (χ0v) is 10.5. The number of aliphatic hydroxyl groups excluding tert-OH is 1. The molecule has 16 heavy (non-hydrogen) atoms. The van der Waals surface area contributed by atoms with Gasteiger partial charge in [-0.05, 0) is 37.7 Å². The van der Waals surface area contributed by atoms with E-state index in [-0.39, 0.29) is 11.5 Å². The molecule has 0 aromatic carbocycles. The lowest BCUT2D eigenvalue weighted by Crippen LogP contribution is -2.21. The molecule has 1 aliphatic carbocycles. The van der Waals surface area contributed by atoms with Crippen molar-refractivity contribution in [2.24, 2.45) is 5.41 Å². The summed E-state index contributed by atoms with van der Waals surface area (Å²) in [6.45, 7) is 6.48. The van der Waals surface area contributed by atoms with Crippen molar-refractivity contribution >= 4 is 0 Å². The maximum Gasteiger partial charge on any atom is 0.0650 e. The fourth-order valence-corrected chi connectivity index (χ4v) is 1.89.